The van der Waals surface area contributed by atoms with Crippen LogP contribution in [-0.4, -0.2) is 33.3 Å². The van der Waals surface area contributed by atoms with Crippen molar-refractivity contribution >= 4 is 29.7 Å². The van der Waals surface area contributed by atoms with Gasteiger partial charge in [-0.15, -0.1) is 0 Å². The molecule has 0 spiro atoms. The molecule has 1 heterocycles. The molecule has 2 aromatic carbocycles. The Morgan fingerprint density at radius 3 is 2.59 bits per heavy atom. The monoisotopic (exact) mass is 380 g/mol. The Hall–Kier alpha value is -3.19. The Morgan fingerprint density at radius 1 is 1.15 bits per heavy atom. The Kier molecular flexibility index (Phi) is 5.52. The molecule has 2 amide bonds. The average Bonchev–Trinajstić information content (AvgIpc) is 3.04. The van der Waals surface area contributed by atoms with Gasteiger partial charge in [-0.25, -0.2) is 0 Å². The second-order valence-electron chi connectivity index (χ2n) is 6.18. The molecule has 0 bridgehead atoms. The molecule has 3 aromatic rings. The molecule has 2 N–H and O–H groups in total. The molecule has 0 aliphatic heterocycles. The van der Waals surface area contributed by atoms with Crippen molar-refractivity contribution in [3.8, 4) is 5.69 Å². The summed E-state index contributed by atoms with van der Waals surface area (Å²) in [7, 11) is 1.74. The molecule has 138 valence electrons. The number of aromatic nitrogens is 2. The lowest BCUT2D eigenvalue weighted by atomic mass is 10.2. The summed E-state index contributed by atoms with van der Waals surface area (Å²) in [6, 6.07) is 16.9. The number of rotatable bonds is 5. The van der Waals surface area contributed by atoms with Crippen molar-refractivity contribution in [3.05, 3.63) is 76.8 Å². The second kappa shape index (κ2) is 8.01. The van der Waals surface area contributed by atoms with Gasteiger partial charge in [0.2, 0.25) is 5.91 Å². The smallest absolute Gasteiger partial charge is 0.274 e. The van der Waals surface area contributed by atoms with E-state index >= 15 is 0 Å². The predicted molar refractivity (Wildman–Crippen MR) is 107 cm³/mol. The third-order valence-electron chi connectivity index (χ3n) is 4.17. The van der Waals surface area contributed by atoms with Crippen molar-refractivity contribution in [2.75, 3.05) is 12.4 Å². The van der Waals surface area contributed by atoms with Gasteiger partial charge >= 0.3 is 0 Å². The number of carbonyl (C=O) groups excluding carboxylic acids is 2. The maximum absolute atomic E-state index is 12.8. The van der Waals surface area contributed by atoms with Crippen LogP contribution in [0.1, 0.15) is 23.0 Å². The number of anilines is 1. The van der Waals surface area contributed by atoms with Crippen LogP contribution in [0.2, 0.25) is 0 Å². The number of amides is 2. The molecule has 3 rings (SSSR count). The number of hydrogen-bond donors (Lipinski definition) is 2. The number of H-pyrrole nitrogens is 1. The van der Waals surface area contributed by atoms with E-state index in [9.17, 15) is 9.59 Å². The zero-order valence-electron chi connectivity index (χ0n) is 15.1. The minimum absolute atomic E-state index is 0.0151. The van der Waals surface area contributed by atoms with Gasteiger partial charge in [-0.2, -0.15) is 0 Å². The van der Waals surface area contributed by atoms with Gasteiger partial charge < -0.3 is 15.2 Å². The molecule has 0 atom stereocenters. The molecule has 0 unspecified atom stereocenters. The van der Waals surface area contributed by atoms with Gasteiger partial charge in [0.1, 0.15) is 5.69 Å². The third-order valence-corrected chi connectivity index (χ3v) is 4.47. The minimum Gasteiger partial charge on any atom is -0.342 e. The lowest BCUT2D eigenvalue weighted by molar-refractivity contribution is -0.128. The molecule has 0 fully saturated rings. The molecule has 0 aliphatic carbocycles. The fourth-order valence-corrected chi connectivity index (χ4v) is 2.96. The predicted octanol–water partition coefficient (Wildman–Crippen LogP) is 3.77. The highest BCUT2D eigenvalue weighted by molar-refractivity contribution is 7.71. The number of imidazole rings is 1. The van der Waals surface area contributed by atoms with Crippen LogP contribution in [0.15, 0.2) is 60.8 Å². The maximum atomic E-state index is 12.8. The Morgan fingerprint density at radius 2 is 1.89 bits per heavy atom. The molecule has 7 heteroatoms. The zero-order valence-corrected chi connectivity index (χ0v) is 15.9. The quantitative estimate of drug-likeness (QED) is 0.662. The van der Waals surface area contributed by atoms with Crippen LogP contribution in [0, 0.1) is 4.77 Å². The highest BCUT2D eigenvalue weighted by Gasteiger charge is 2.15. The van der Waals surface area contributed by atoms with Gasteiger partial charge in [0, 0.05) is 38.1 Å². The van der Waals surface area contributed by atoms with Gasteiger partial charge in [0.15, 0.2) is 4.77 Å². The number of hydrogen-bond acceptors (Lipinski definition) is 3. The highest BCUT2D eigenvalue weighted by atomic mass is 32.1. The number of benzene rings is 2. The molecule has 27 heavy (non-hydrogen) atoms. The summed E-state index contributed by atoms with van der Waals surface area (Å²) in [5, 5.41) is 2.90. The molecular weight excluding hydrogens is 360 g/mol. The summed E-state index contributed by atoms with van der Waals surface area (Å²) in [6.07, 6.45) is 1.60. The van der Waals surface area contributed by atoms with Gasteiger partial charge in [0.05, 0.1) is 0 Å². The summed E-state index contributed by atoms with van der Waals surface area (Å²) in [4.78, 5) is 28.7. The first kappa shape index (κ1) is 18.6. The lowest BCUT2D eigenvalue weighted by Gasteiger charge is -2.15. The third kappa shape index (κ3) is 4.32. The maximum Gasteiger partial charge on any atom is 0.274 e. The van der Waals surface area contributed by atoms with E-state index in [4.69, 9.17) is 12.2 Å². The Labute approximate surface area is 162 Å². The van der Waals surface area contributed by atoms with E-state index < -0.39 is 0 Å². The van der Waals surface area contributed by atoms with Crippen LogP contribution in [0.5, 0.6) is 0 Å². The molecule has 0 radical (unpaired) electrons. The standard InChI is InChI=1S/C20H20N4O2S/c1-14(25)23(2)13-15-7-6-8-16(11-15)22-19(26)18-12-21-20(27)24(18)17-9-4-3-5-10-17/h3-12H,13H2,1-2H3,(H,21,27)(H,22,26). The van der Waals surface area contributed by atoms with Crippen molar-refractivity contribution in [3.63, 3.8) is 0 Å². The summed E-state index contributed by atoms with van der Waals surface area (Å²) < 4.78 is 2.14. The number of carbonyl (C=O) groups is 2. The van der Waals surface area contributed by atoms with Gasteiger partial charge in [-0.05, 0) is 42.0 Å². The minimum atomic E-state index is -0.275. The summed E-state index contributed by atoms with van der Waals surface area (Å²) in [5.74, 6) is -0.290. The SMILES string of the molecule is CC(=O)N(C)Cc1cccc(NC(=O)c2c[nH]c(=S)n2-c2ccccc2)c1. The van der Waals surface area contributed by atoms with Crippen LogP contribution >= 0.6 is 12.2 Å². The van der Waals surface area contributed by atoms with Crippen LogP contribution in [0.3, 0.4) is 0 Å². The van der Waals surface area contributed by atoms with Crippen molar-refractivity contribution in [1.29, 1.82) is 0 Å². The topological polar surface area (TPSA) is 70.1 Å². The van der Waals surface area contributed by atoms with E-state index in [1.165, 1.54) is 6.92 Å². The highest BCUT2D eigenvalue weighted by Crippen LogP contribution is 2.16. The fourth-order valence-electron chi connectivity index (χ4n) is 2.70. The van der Waals surface area contributed by atoms with E-state index in [0.29, 0.717) is 22.7 Å². The van der Waals surface area contributed by atoms with Gasteiger partial charge in [-0.3, -0.25) is 14.2 Å². The summed E-state index contributed by atoms with van der Waals surface area (Å²) >= 11 is 5.32. The fraction of sp³-hybridized carbons (Fsp3) is 0.150. The summed E-state index contributed by atoms with van der Waals surface area (Å²) in [6.45, 7) is 2.00. The van der Waals surface area contributed by atoms with Crippen molar-refractivity contribution in [1.82, 2.24) is 14.5 Å². The van der Waals surface area contributed by atoms with E-state index in [1.807, 2.05) is 54.6 Å². The van der Waals surface area contributed by atoms with E-state index in [2.05, 4.69) is 10.3 Å². The number of aromatic amines is 1. The van der Waals surface area contributed by atoms with Crippen molar-refractivity contribution in [2.24, 2.45) is 0 Å². The lowest BCUT2D eigenvalue weighted by Crippen LogP contribution is -2.23. The number of para-hydroxylation sites is 1. The van der Waals surface area contributed by atoms with E-state index in [-0.39, 0.29) is 11.8 Å². The van der Waals surface area contributed by atoms with Crippen LogP contribution in [-0.2, 0) is 11.3 Å². The van der Waals surface area contributed by atoms with E-state index in [0.717, 1.165) is 11.3 Å². The van der Waals surface area contributed by atoms with E-state index in [1.54, 1.807) is 22.7 Å². The van der Waals surface area contributed by atoms with Gasteiger partial charge in [0.25, 0.3) is 5.91 Å². The van der Waals surface area contributed by atoms with Crippen LogP contribution in [0.25, 0.3) is 5.69 Å². The largest absolute Gasteiger partial charge is 0.342 e. The molecular formula is C20H20N4O2S. The van der Waals surface area contributed by atoms with Crippen molar-refractivity contribution in [2.45, 2.75) is 13.5 Å². The molecule has 0 saturated heterocycles. The second-order valence-corrected chi connectivity index (χ2v) is 6.57. The molecule has 0 aliphatic rings. The van der Waals surface area contributed by atoms with Crippen molar-refractivity contribution < 1.29 is 9.59 Å². The molecule has 1 aromatic heterocycles. The first-order valence-corrected chi connectivity index (χ1v) is 8.84. The molecule has 0 saturated carbocycles. The zero-order chi connectivity index (χ0) is 19.4. The Bertz CT molecular complexity index is 1020. The van der Waals surface area contributed by atoms with Gasteiger partial charge in [-0.1, -0.05) is 30.3 Å². The summed E-state index contributed by atoms with van der Waals surface area (Å²) in [5.41, 5.74) is 2.81. The van der Waals surface area contributed by atoms with Crippen LogP contribution in [0.4, 0.5) is 5.69 Å². The van der Waals surface area contributed by atoms with Crippen LogP contribution < -0.4 is 5.32 Å². The Balaban J connectivity index is 1.83. The average molecular weight is 380 g/mol. The number of nitrogens with zero attached hydrogens (tertiary/aromatic N) is 2. The first-order chi connectivity index (χ1) is 13.0. The normalized spacial score (nSPS) is 10.4. The first-order valence-electron chi connectivity index (χ1n) is 8.43. The molecule has 6 nitrogen and oxygen atoms in total. The number of nitrogens with one attached hydrogen (secondary N) is 2.